The third kappa shape index (κ3) is 1.07. The molecule has 6 nitrogen and oxygen atoms in total. The van der Waals surface area contributed by atoms with Crippen LogP contribution in [0.1, 0.15) is 0 Å². The molecule has 0 saturated carbocycles. The van der Waals surface area contributed by atoms with E-state index < -0.39 is 24.3 Å². The van der Waals surface area contributed by atoms with Crippen molar-refractivity contribution in [3.63, 3.8) is 0 Å². The van der Waals surface area contributed by atoms with Gasteiger partial charge in [0.2, 0.25) is 18.2 Å². The van der Waals surface area contributed by atoms with Crippen LogP contribution >= 0.6 is 0 Å². The molecule has 0 unspecified atom stereocenters. The minimum Gasteiger partial charge on any atom is -0.835 e. The van der Waals surface area contributed by atoms with Crippen LogP contribution in [0, 0.1) is 6.10 Å². The van der Waals surface area contributed by atoms with E-state index in [4.69, 9.17) is 5.11 Å². The first-order valence-electron chi connectivity index (χ1n) is 2.45. The number of aliphatic hydroxyl groups is 1. The lowest BCUT2D eigenvalue weighted by molar-refractivity contribution is -0.338. The molecule has 0 spiro atoms. The molecule has 1 fully saturated rings. The highest BCUT2D eigenvalue weighted by atomic mass is 16.3. The van der Waals surface area contributed by atoms with Crippen molar-refractivity contribution in [2.24, 2.45) is 0 Å². The van der Waals surface area contributed by atoms with Crippen LogP contribution < -0.4 is 15.7 Å². The summed E-state index contributed by atoms with van der Waals surface area (Å²) in [6.07, 6.45) is -2.64. The Hall–Kier alpha value is -1.14. The largest absolute Gasteiger partial charge is 0.835 e. The Bertz CT molecular complexity index is 162. The van der Waals surface area contributed by atoms with Crippen LogP contribution in [0.5, 0.6) is 0 Å². The first-order chi connectivity index (χ1) is 4.61. The molecule has 1 saturated heterocycles. The zero-order valence-electron chi connectivity index (χ0n) is 4.75. The first-order valence-corrected chi connectivity index (χ1v) is 2.45. The lowest BCUT2D eigenvalue weighted by Crippen LogP contribution is -2.61. The zero-order chi connectivity index (χ0) is 7.72. The van der Waals surface area contributed by atoms with Crippen molar-refractivity contribution >= 4 is 11.8 Å². The second kappa shape index (κ2) is 2.24. The molecule has 1 aliphatic heterocycles. The van der Waals surface area contributed by atoms with Gasteiger partial charge >= 0.3 is 0 Å². The Morgan fingerprint density at radius 3 is 2.10 bits per heavy atom. The summed E-state index contributed by atoms with van der Waals surface area (Å²) in [5.74, 6) is -2.17. The minimum atomic E-state index is -1.45. The zero-order valence-corrected chi connectivity index (χ0v) is 4.75. The van der Waals surface area contributed by atoms with E-state index in [-0.39, 0.29) is 0 Å². The smallest absolute Gasteiger partial charge is 0.222 e. The van der Waals surface area contributed by atoms with E-state index >= 15 is 0 Å². The van der Waals surface area contributed by atoms with Crippen LogP contribution in [0.25, 0.3) is 0 Å². The van der Waals surface area contributed by atoms with E-state index in [1.54, 1.807) is 10.6 Å². The van der Waals surface area contributed by atoms with Crippen LogP contribution in [0.2, 0.25) is 0 Å². The fourth-order valence-electron chi connectivity index (χ4n) is 0.519. The number of nitrogens with one attached hydrogen (secondary N) is 2. The highest BCUT2D eigenvalue weighted by Gasteiger charge is 2.25. The van der Waals surface area contributed by atoms with E-state index in [0.717, 1.165) is 0 Å². The van der Waals surface area contributed by atoms with Gasteiger partial charge in [-0.3, -0.25) is 9.59 Å². The molecular formula is C4H4N2O4-. The Labute approximate surface area is 55.8 Å². The van der Waals surface area contributed by atoms with Gasteiger partial charge in [-0.15, -0.1) is 0 Å². The summed E-state index contributed by atoms with van der Waals surface area (Å²) >= 11 is 0. The summed E-state index contributed by atoms with van der Waals surface area (Å²) in [5.41, 5.74) is 0. The molecule has 1 heterocycles. The average Bonchev–Trinajstić information content (AvgIpc) is 1.82. The predicted octanol–water partition coefficient (Wildman–Crippen LogP) is -3.60. The third-order valence-corrected chi connectivity index (χ3v) is 0.948. The molecule has 0 bridgehead atoms. The van der Waals surface area contributed by atoms with Gasteiger partial charge in [-0.2, -0.15) is 0 Å². The summed E-state index contributed by atoms with van der Waals surface area (Å²) in [7, 11) is 0. The number of rotatable bonds is 0. The van der Waals surface area contributed by atoms with Crippen molar-refractivity contribution < 1.29 is 19.8 Å². The van der Waals surface area contributed by atoms with E-state index in [2.05, 4.69) is 0 Å². The predicted molar refractivity (Wildman–Crippen MR) is 25.5 cm³/mol. The Morgan fingerprint density at radius 1 is 1.30 bits per heavy atom. The second-order valence-electron chi connectivity index (χ2n) is 1.68. The SMILES string of the molecule is O=C1NC(O)NC(=O)[C]1[O-]. The quantitative estimate of drug-likeness (QED) is 0.327. The van der Waals surface area contributed by atoms with Gasteiger partial charge in [-0.1, -0.05) is 0 Å². The molecule has 0 aromatic carbocycles. The van der Waals surface area contributed by atoms with Gasteiger partial charge in [-0.25, -0.2) is 0 Å². The van der Waals surface area contributed by atoms with Crippen molar-refractivity contribution in [2.45, 2.75) is 6.35 Å². The molecule has 0 aromatic heterocycles. The maximum Gasteiger partial charge on any atom is 0.222 e. The fourth-order valence-corrected chi connectivity index (χ4v) is 0.519. The molecule has 55 valence electrons. The van der Waals surface area contributed by atoms with Crippen LogP contribution in [0.15, 0.2) is 0 Å². The van der Waals surface area contributed by atoms with E-state index in [1.165, 1.54) is 0 Å². The van der Waals surface area contributed by atoms with Crippen molar-refractivity contribution in [1.29, 1.82) is 0 Å². The van der Waals surface area contributed by atoms with E-state index in [1.807, 2.05) is 0 Å². The standard InChI is InChI=1S/C4H4N2O4/c7-1-2(8)5-4(10)6-3(1)9/h4,10H,(H,5,8)(H,6,9)/q-1. The molecular weight excluding hydrogens is 140 g/mol. The molecule has 1 aliphatic rings. The molecule has 3 N–H and O–H groups in total. The first kappa shape index (κ1) is 6.97. The monoisotopic (exact) mass is 144 g/mol. The highest BCUT2D eigenvalue weighted by Crippen LogP contribution is 1.95. The molecule has 1 rings (SSSR count). The Balaban J connectivity index is 2.66. The van der Waals surface area contributed by atoms with Gasteiger partial charge < -0.3 is 20.8 Å². The number of carbonyl (C=O) groups is 2. The maximum atomic E-state index is 10.3. The summed E-state index contributed by atoms with van der Waals surface area (Å²) in [6, 6.07) is 0. The summed E-state index contributed by atoms with van der Waals surface area (Å²) < 4.78 is 0. The average molecular weight is 144 g/mol. The van der Waals surface area contributed by atoms with Crippen LogP contribution in [0.3, 0.4) is 0 Å². The van der Waals surface area contributed by atoms with Gasteiger partial charge in [0.05, 0.1) is 6.10 Å². The summed E-state index contributed by atoms with van der Waals surface area (Å²) in [5, 5.41) is 22.5. The molecule has 6 heteroatoms. The van der Waals surface area contributed by atoms with Gasteiger partial charge in [0.15, 0.2) is 0 Å². The van der Waals surface area contributed by atoms with Crippen molar-refractivity contribution in [1.82, 2.24) is 10.6 Å². The number of aliphatic hydroxyl groups excluding tert-OH is 1. The molecule has 1 radical (unpaired) electrons. The van der Waals surface area contributed by atoms with E-state index in [0.29, 0.717) is 0 Å². The lowest BCUT2D eigenvalue weighted by Gasteiger charge is -2.28. The minimum absolute atomic E-state index is 1.09. The summed E-state index contributed by atoms with van der Waals surface area (Å²) in [6.45, 7) is 0. The third-order valence-electron chi connectivity index (χ3n) is 0.948. The Morgan fingerprint density at radius 2 is 1.70 bits per heavy atom. The van der Waals surface area contributed by atoms with Gasteiger partial charge in [-0.05, 0) is 0 Å². The summed E-state index contributed by atoms with van der Waals surface area (Å²) in [4.78, 5) is 20.7. The van der Waals surface area contributed by atoms with Gasteiger partial charge in [0.25, 0.3) is 0 Å². The lowest BCUT2D eigenvalue weighted by atomic mass is 10.3. The fraction of sp³-hybridized carbons (Fsp3) is 0.250. The van der Waals surface area contributed by atoms with Crippen LogP contribution in [-0.2, 0) is 9.59 Å². The molecule has 0 atom stereocenters. The van der Waals surface area contributed by atoms with Crippen molar-refractivity contribution in [2.75, 3.05) is 0 Å². The molecule has 0 aromatic rings. The number of hydrogen-bond acceptors (Lipinski definition) is 4. The highest BCUT2D eigenvalue weighted by molar-refractivity contribution is 6.13. The van der Waals surface area contributed by atoms with Crippen molar-refractivity contribution in [3.8, 4) is 0 Å². The molecule has 10 heavy (non-hydrogen) atoms. The van der Waals surface area contributed by atoms with Crippen LogP contribution in [0.4, 0.5) is 0 Å². The van der Waals surface area contributed by atoms with Gasteiger partial charge in [0.1, 0.15) is 0 Å². The Kier molecular flexibility index (Phi) is 1.56. The van der Waals surface area contributed by atoms with Crippen molar-refractivity contribution in [3.05, 3.63) is 6.10 Å². The normalized spacial score (nSPS) is 22.2. The second-order valence-corrected chi connectivity index (χ2v) is 1.68. The van der Waals surface area contributed by atoms with E-state index in [9.17, 15) is 14.7 Å². The number of carbonyl (C=O) groups excluding carboxylic acids is 2. The van der Waals surface area contributed by atoms with Gasteiger partial charge in [0, 0.05) is 0 Å². The topological polar surface area (TPSA) is 101 Å². The molecule has 2 amide bonds. The molecule has 0 aliphatic carbocycles. The maximum absolute atomic E-state index is 10.3. The van der Waals surface area contributed by atoms with Crippen LogP contribution in [-0.4, -0.2) is 23.3 Å². The number of amides is 2. The number of hydrogen-bond donors (Lipinski definition) is 3.